The second-order valence-corrected chi connectivity index (χ2v) is 17.2. The summed E-state index contributed by atoms with van der Waals surface area (Å²) < 4.78 is 6.35. The van der Waals surface area contributed by atoms with E-state index in [2.05, 4.69) is 63.2 Å². The zero-order valence-corrected chi connectivity index (χ0v) is 32.5. The van der Waals surface area contributed by atoms with Crippen molar-refractivity contribution in [3.63, 3.8) is 0 Å². The normalized spacial score (nSPS) is 24.2. The molecule has 1 aromatic heterocycles. The van der Waals surface area contributed by atoms with Gasteiger partial charge >= 0.3 is 0 Å². The molecule has 2 aromatic carbocycles. The highest BCUT2D eigenvalue weighted by Gasteiger charge is 2.64. The first-order valence-electron chi connectivity index (χ1n) is 19.0. The number of carbonyl (C=O) groups is 5. The van der Waals surface area contributed by atoms with Crippen LogP contribution in [0.25, 0.3) is 4.85 Å². The number of ether oxygens (including phenoxy) is 1. The minimum Gasteiger partial charge on any atom is -0.489 e. The van der Waals surface area contributed by atoms with Crippen molar-refractivity contribution in [2.75, 3.05) is 24.5 Å². The van der Waals surface area contributed by atoms with Gasteiger partial charge in [-0.2, -0.15) is 0 Å². The number of hydrogen-bond donors (Lipinski definition) is 2. The van der Waals surface area contributed by atoms with Crippen molar-refractivity contribution in [3.05, 3.63) is 86.9 Å². The Kier molecular flexibility index (Phi) is 9.36. The summed E-state index contributed by atoms with van der Waals surface area (Å²) in [6.07, 6.45) is 1.91. The lowest BCUT2D eigenvalue weighted by Gasteiger charge is -2.63. The standard InChI is InChI=1S/C41H43ClN8O6/c1-40(2)38(41(3,4)39(40)56-25-6-7-29(43-5)28(42)18-25)45-34(52)30-8-10-32(47-46-30)49-14-12-22(13-15-49)19-48-20-23-16-26-27(17-24(23)21-48)37(55)50(36(26)54)31-9-11-33(51)44-35(31)53/h6-8,10,16-18,22,31,38-39H,9,11-15,19-21H2,1-4H3,(H,45,52)(H,44,51,53). The van der Waals surface area contributed by atoms with Crippen LogP contribution in [0, 0.1) is 23.3 Å². The molecule has 2 N–H and O–H groups in total. The number of fused-ring (bicyclic) bond motifs is 2. The summed E-state index contributed by atoms with van der Waals surface area (Å²) in [6.45, 7) is 19.3. The number of nitrogens with zero attached hydrogens (tertiary/aromatic N) is 6. The highest BCUT2D eigenvalue weighted by molar-refractivity contribution is 6.33. The Morgan fingerprint density at radius 1 is 0.946 bits per heavy atom. The first-order chi connectivity index (χ1) is 26.6. The van der Waals surface area contributed by atoms with Crippen LogP contribution < -0.4 is 20.3 Å². The Balaban J connectivity index is 0.822. The highest BCUT2D eigenvalue weighted by Crippen LogP contribution is 2.55. The monoisotopic (exact) mass is 778 g/mol. The molecule has 0 bridgehead atoms. The number of piperidine rings is 2. The molecular formula is C41H43ClN8O6. The third kappa shape index (κ3) is 6.46. The van der Waals surface area contributed by atoms with Gasteiger partial charge in [0.1, 0.15) is 17.9 Å². The van der Waals surface area contributed by atoms with Crippen molar-refractivity contribution in [1.29, 1.82) is 0 Å². The lowest BCUT2D eigenvalue weighted by atomic mass is 9.49. The topological polar surface area (TPSA) is 158 Å². The summed E-state index contributed by atoms with van der Waals surface area (Å²) in [7, 11) is 0. The number of rotatable bonds is 8. The van der Waals surface area contributed by atoms with Gasteiger partial charge in [-0.1, -0.05) is 45.4 Å². The third-order valence-corrected chi connectivity index (χ3v) is 12.6. The van der Waals surface area contributed by atoms with Crippen LogP contribution in [0.3, 0.4) is 0 Å². The maximum Gasteiger partial charge on any atom is 0.272 e. The van der Waals surface area contributed by atoms with Crippen LogP contribution in [0.5, 0.6) is 5.75 Å². The minimum absolute atomic E-state index is 0.0876. The van der Waals surface area contributed by atoms with E-state index in [0.29, 0.717) is 46.6 Å². The van der Waals surface area contributed by atoms with Gasteiger partial charge < -0.3 is 15.0 Å². The van der Waals surface area contributed by atoms with E-state index in [1.807, 2.05) is 6.07 Å². The minimum atomic E-state index is -0.974. The summed E-state index contributed by atoms with van der Waals surface area (Å²) in [5, 5.41) is 14.5. The van der Waals surface area contributed by atoms with Crippen LogP contribution >= 0.6 is 11.6 Å². The van der Waals surface area contributed by atoms with Crippen molar-refractivity contribution < 1.29 is 28.7 Å². The molecule has 1 aliphatic carbocycles. The van der Waals surface area contributed by atoms with Gasteiger partial charge in [0.2, 0.25) is 17.5 Å². The molecule has 2 saturated heterocycles. The highest BCUT2D eigenvalue weighted by atomic mass is 35.5. The van der Waals surface area contributed by atoms with Crippen LogP contribution in [0.15, 0.2) is 42.5 Å². The number of anilines is 1. The quantitative estimate of drug-likeness (QED) is 0.238. The average molecular weight is 779 g/mol. The second-order valence-electron chi connectivity index (χ2n) is 16.8. The molecular weight excluding hydrogens is 736 g/mol. The van der Waals surface area contributed by atoms with Crippen LogP contribution in [-0.2, 0) is 22.7 Å². The molecule has 5 aliphatic rings. The van der Waals surface area contributed by atoms with Gasteiger partial charge in [0.25, 0.3) is 17.7 Å². The maximum absolute atomic E-state index is 13.4. The molecule has 1 unspecified atom stereocenters. The third-order valence-electron chi connectivity index (χ3n) is 12.3. The van der Waals surface area contributed by atoms with E-state index in [4.69, 9.17) is 22.9 Å². The maximum atomic E-state index is 13.4. The Hall–Kier alpha value is -5.39. The van der Waals surface area contributed by atoms with Crippen molar-refractivity contribution in [2.45, 2.75) is 84.7 Å². The molecule has 8 rings (SSSR count). The van der Waals surface area contributed by atoms with E-state index < -0.39 is 40.5 Å². The molecule has 4 aliphatic heterocycles. The van der Waals surface area contributed by atoms with E-state index in [-0.39, 0.29) is 36.6 Å². The van der Waals surface area contributed by atoms with Crippen LogP contribution in [-0.4, -0.2) is 87.4 Å². The summed E-state index contributed by atoms with van der Waals surface area (Å²) in [6, 6.07) is 11.0. The van der Waals surface area contributed by atoms with Crippen LogP contribution in [0.2, 0.25) is 5.02 Å². The molecule has 3 aromatic rings. The fourth-order valence-electron chi connectivity index (χ4n) is 9.69. The summed E-state index contributed by atoms with van der Waals surface area (Å²) in [4.78, 5) is 73.0. The first-order valence-corrected chi connectivity index (χ1v) is 19.4. The second kappa shape index (κ2) is 14.0. The molecule has 5 amide bonds. The van der Waals surface area contributed by atoms with Gasteiger partial charge in [-0.15, -0.1) is 10.2 Å². The molecule has 290 valence electrons. The number of amides is 5. The number of carbonyl (C=O) groups excluding carboxylic acids is 5. The number of nitrogens with one attached hydrogen (secondary N) is 2. The SMILES string of the molecule is [C-]#[N+]c1ccc(OC2C(C)(C)C(NC(=O)c3ccc(N4CCC(CN5Cc6cc7c(cc6C5)C(=O)N(C5CCC(=O)NC5=O)C7=O)CC4)nn3)C2(C)C)cc1Cl. The number of aromatic nitrogens is 2. The smallest absolute Gasteiger partial charge is 0.272 e. The Labute approximate surface area is 329 Å². The molecule has 56 heavy (non-hydrogen) atoms. The molecule has 15 heteroatoms. The van der Waals surface area contributed by atoms with Crippen LogP contribution in [0.4, 0.5) is 11.5 Å². The average Bonchev–Trinajstić information content (AvgIpc) is 3.67. The van der Waals surface area contributed by atoms with Crippen molar-refractivity contribution in [3.8, 4) is 5.75 Å². The molecule has 3 fully saturated rings. The summed E-state index contributed by atoms with van der Waals surface area (Å²) in [5.74, 6) is -0.513. The number of benzene rings is 2. The molecule has 14 nitrogen and oxygen atoms in total. The summed E-state index contributed by atoms with van der Waals surface area (Å²) >= 11 is 6.24. The lowest BCUT2D eigenvalue weighted by molar-refractivity contribution is -0.164. The molecule has 0 spiro atoms. The molecule has 1 atom stereocenters. The Bertz CT molecular complexity index is 2150. The van der Waals surface area contributed by atoms with Gasteiger partial charge in [0.15, 0.2) is 11.5 Å². The van der Waals surface area contributed by atoms with Crippen molar-refractivity contribution in [2.24, 2.45) is 16.7 Å². The zero-order chi connectivity index (χ0) is 39.7. The van der Waals surface area contributed by atoms with E-state index in [9.17, 15) is 24.0 Å². The summed E-state index contributed by atoms with van der Waals surface area (Å²) in [5.41, 5.74) is 2.47. The van der Waals surface area contributed by atoms with E-state index in [1.54, 1.807) is 36.4 Å². The van der Waals surface area contributed by atoms with E-state index >= 15 is 0 Å². The molecule has 1 saturated carbocycles. The fraction of sp³-hybridized carbons (Fsp3) is 0.463. The van der Waals surface area contributed by atoms with Crippen LogP contribution in [0.1, 0.15) is 95.7 Å². The zero-order valence-electron chi connectivity index (χ0n) is 31.7. The van der Waals surface area contributed by atoms with Gasteiger partial charge in [-0.05, 0) is 72.7 Å². The fourth-order valence-corrected chi connectivity index (χ4v) is 9.90. The predicted octanol–water partition coefficient (Wildman–Crippen LogP) is 4.93. The van der Waals surface area contributed by atoms with Gasteiger partial charge in [-0.25, -0.2) is 4.85 Å². The molecule has 5 heterocycles. The Morgan fingerprint density at radius 3 is 2.18 bits per heavy atom. The Morgan fingerprint density at radius 2 is 1.61 bits per heavy atom. The number of imide groups is 2. The van der Waals surface area contributed by atoms with Gasteiger partial charge in [0.05, 0.1) is 22.7 Å². The molecule has 0 radical (unpaired) electrons. The van der Waals surface area contributed by atoms with Crippen molar-refractivity contribution in [1.82, 2.24) is 30.6 Å². The van der Waals surface area contributed by atoms with Crippen molar-refractivity contribution >= 4 is 52.6 Å². The first kappa shape index (κ1) is 37.5. The predicted molar refractivity (Wildman–Crippen MR) is 205 cm³/mol. The lowest BCUT2D eigenvalue weighted by Crippen LogP contribution is -2.74. The van der Waals surface area contributed by atoms with Gasteiger partial charge in [-0.3, -0.25) is 39.1 Å². The van der Waals surface area contributed by atoms with E-state index in [1.165, 1.54) is 0 Å². The van der Waals surface area contributed by atoms with Gasteiger partial charge in [0, 0.05) is 56.0 Å². The van der Waals surface area contributed by atoms with E-state index in [0.717, 1.165) is 54.3 Å². The number of hydrogen-bond acceptors (Lipinski definition) is 10. The number of halogens is 1. The largest absolute Gasteiger partial charge is 0.489 e.